The van der Waals surface area contributed by atoms with Crippen molar-refractivity contribution in [2.24, 2.45) is 4.99 Å². The third kappa shape index (κ3) is 5.69. The maximum Gasteiger partial charge on any atom is 0.0670 e. The van der Waals surface area contributed by atoms with Crippen molar-refractivity contribution < 1.29 is 0 Å². The molecule has 1 heterocycles. The highest BCUT2D eigenvalue weighted by Gasteiger charge is 2.13. The highest BCUT2D eigenvalue weighted by Crippen LogP contribution is 2.33. The molecule has 2 heteroatoms. The molecule has 2 nitrogen and oxygen atoms in total. The molecule has 5 rings (SSSR count). The zero-order valence-electron chi connectivity index (χ0n) is 21.4. The van der Waals surface area contributed by atoms with Crippen LogP contribution >= 0.6 is 0 Å². The zero-order valence-corrected chi connectivity index (χ0v) is 21.4. The Bertz CT molecular complexity index is 1550. The second-order valence-corrected chi connectivity index (χ2v) is 8.97. The number of aromatic nitrogens is 1. The third-order valence-electron chi connectivity index (χ3n) is 6.52. The van der Waals surface area contributed by atoms with Crippen LogP contribution in [0.1, 0.15) is 24.0 Å². The molecule has 0 aliphatic heterocycles. The summed E-state index contributed by atoms with van der Waals surface area (Å²) in [7, 11) is 0. The summed E-state index contributed by atoms with van der Waals surface area (Å²) in [5.74, 6) is 6.38. The molecule has 0 fully saturated rings. The molecular weight excluding hydrogens is 460 g/mol. The normalized spacial score (nSPS) is 11.8. The average Bonchev–Trinajstić information content (AvgIpc) is 3.00. The number of aliphatic imine (C=N–C) groups is 1. The Labute approximate surface area is 225 Å². The second kappa shape index (κ2) is 11.8. The highest BCUT2D eigenvalue weighted by molar-refractivity contribution is 5.76. The van der Waals surface area contributed by atoms with Crippen molar-refractivity contribution in [1.82, 2.24) is 4.98 Å². The smallest absolute Gasteiger partial charge is 0.0670 e. The Balaban J connectivity index is 1.57. The van der Waals surface area contributed by atoms with Crippen LogP contribution in [0.2, 0.25) is 0 Å². The summed E-state index contributed by atoms with van der Waals surface area (Å²) in [5, 5.41) is 0. The van der Waals surface area contributed by atoms with E-state index in [0.717, 1.165) is 39.1 Å². The second-order valence-electron chi connectivity index (χ2n) is 8.97. The molecular formula is C36H28N2. The molecule has 0 bridgehead atoms. The van der Waals surface area contributed by atoms with E-state index in [-0.39, 0.29) is 5.92 Å². The van der Waals surface area contributed by atoms with Gasteiger partial charge in [-0.05, 0) is 94.6 Å². The van der Waals surface area contributed by atoms with Crippen LogP contribution < -0.4 is 0 Å². The number of nitrogens with zero attached hydrogens (tertiary/aromatic N) is 2. The minimum absolute atomic E-state index is 0.154. The van der Waals surface area contributed by atoms with E-state index in [1.165, 1.54) is 11.1 Å². The molecule has 1 unspecified atom stereocenters. The predicted molar refractivity (Wildman–Crippen MR) is 161 cm³/mol. The van der Waals surface area contributed by atoms with Crippen LogP contribution in [0.15, 0.2) is 139 Å². The first-order valence-electron chi connectivity index (χ1n) is 12.6. The van der Waals surface area contributed by atoms with E-state index in [1.54, 1.807) is 0 Å². The van der Waals surface area contributed by atoms with Gasteiger partial charge in [-0.2, -0.15) is 0 Å². The Hall–Kier alpha value is -5.00. The molecule has 0 aliphatic rings. The Morgan fingerprint density at radius 3 is 1.76 bits per heavy atom. The van der Waals surface area contributed by atoms with Crippen molar-refractivity contribution >= 4 is 12.4 Å². The summed E-state index contributed by atoms with van der Waals surface area (Å²) in [4.78, 5) is 8.60. The molecule has 5 aromatic rings. The van der Waals surface area contributed by atoms with Crippen LogP contribution in [0.5, 0.6) is 0 Å². The summed E-state index contributed by atoms with van der Waals surface area (Å²) in [6.07, 6.45) is 5.76. The minimum Gasteiger partial charge on any atom is -0.265 e. The molecule has 0 N–H and O–H groups in total. The summed E-state index contributed by atoms with van der Waals surface area (Å²) in [6.45, 7) is 5.76. The lowest BCUT2D eigenvalue weighted by atomic mass is 9.90. The fraction of sp³-hybridized carbons (Fsp3) is 0.0556. The van der Waals surface area contributed by atoms with E-state index in [1.807, 2.05) is 43.6 Å². The molecule has 38 heavy (non-hydrogen) atoms. The third-order valence-corrected chi connectivity index (χ3v) is 6.52. The van der Waals surface area contributed by atoms with Gasteiger partial charge in [0.05, 0.1) is 11.6 Å². The fourth-order valence-corrected chi connectivity index (χ4v) is 4.58. The van der Waals surface area contributed by atoms with Crippen molar-refractivity contribution in [2.75, 3.05) is 0 Å². The van der Waals surface area contributed by atoms with Gasteiger partial charge in [-0.15, -0.1) is 5.92 Å². The van der Waals surface area contributed by atoms with Crippen LogP contribution in [0.4, 0.5) is 0 Å². The first-order valence-corrected chi connectivity index (χ1v) is 12.6. The van der Waals surface area contributed by atoms with Gasteiger partial charge in [0.15, 0.2) is 0 Å². The number of benzene rings is 4. The van der Waals surface area contributed by atoms with E-state index in [2.05, 4.69) is 126 Å². The number of hydrogen-bond donors (Lipinski definition) is 0. The first kappa shape index (κ1) is 24.7. The summed E-state index contributed by atoms with van der Waals surface area (Å²) < 4.78 is 0. The summed E-state index contributed by atoms with van der Waals surface area (Å²) >= 11 is 0. The van der Waals surface area contributed by atoms with E-state index in [4.69, 9.17) is 0 Å². The molecule has 4 aromatic carbocycles. The summed E-state index contributed by atoms with van der Waals surface area (Å²) in [6, 6.07) is 40.0. The maximum atomic E-state index is 4.40. The summed E-state index contributed by atoms with van der Waals surface area (Å²) in [5.41, 5.74) is 9.83. The van der Waals surface area contributed by atoms with Crippen molar-refractivity contribution in [3.05, 3.63) is 145 Å². The Morgan fingerprint density at radius 1 is 0.684 bits per heavy atom. The zero-order chi connectivity index (χ0) is 26.2. The molecule has 0 aliphatic carbocycles. The minimum atomic E-state index is -0.154. The molecule has 0 saturated carbocycles. The van der Waals surface area contributed by atoms with Gasteiger partial charge in [-0.3, -0.25) is 9.98 Å². The lowest BCUT2D eigenvalue weighted by molar-refractivity contribution is 1.12. The molecule has 182 valence electrons. The van der Waals surface area contributed by atoms with E-state index < -0.39 is 0 Å². The van der Waals surface area contributed by atoms with Crippen LogP contribution in [0, 0.1) is 11.8 Å². The van der Waals surface area contributed by atoms with Gasteiger partial charge >= 0.3 is 0 Å². The number of hydrogen-bond acceptors (Lipinski definition) is 2. The number of allylic oxidation sites excluding steroid dienone is 1. The van der Waals surface area contributed by atoms with Gasteiger partial charge in [-0.25, -0.2) is 0 Å². The quantitative estimate of drug-likeness (QED) is 0.166. The molecule has 0 radical (unpaired) electrons. The lowest BCUT2D eigenvalue weighted by Gasteiger charge is -2.15. The van der Waals surface area contributed by atoms with Crippen molar-refractivity contribution in [1.29, 1.82) is 0 Å². The van der Waals surface area contributed by atoms with Gasteiger partial charge in [0.25, 0.3) is 0 Å². The van der Waals surface area contributed by atoms with Crippen LogP contribution in [-0.2, 0) is 0 Å². The number of rotatable bonds is 7. The van der Waals surface area contributed by atoms with Gasteiger partial charge < -0.3 is 0 Å². The Morgan fingerprint density at radius 2 is 1.21 bits per heavy atom. The van der Waals surface area contributed by atoms with E-state index in [9.17, 15) is 0 Å². The fourth-order valence-electron chi connectivity index (χ4n) is 4.58. The topological polar surface area (TPSA) is 25.2 Å². The van der Waals surface area contributed by atoms with E-state index in [0.29, 0.717) is 0 Å². The molecule has 1 atom stereocenters. The molecule has 0 amide bonds. The van der Waals surface area contributed by atoms with Crippen LogP contribution in [0.25, 0.3) is 39.1 Å². The van der Waals surface area contributed by atoms with Crippen molar-refractivity contribution in [2.45, 2.75) is 12.8 Å². The lowest BCUT2D eigenvalue weighted by Crippen LogP contribution is -1.96. The molecule has 0 spiro atoms. The number of pyridine rings is 1. The standard InChI is InChI=1S/C36H28N2/c1-3-10-32(26-36(37-2)31-17-15-29(16-18-31)27-11-6-4-7-12-27)35-24-33(28-13-8-5-9-14-28)23-34(25-35)30-19-21-38-22-20-30/h4-9,11-26,32H,2H2,1H3/b36-26-. The highest BCUT2D eigenvalue weighted by atomic mass is 14.7. The predicted octanol–water partition coefficient (Wildman–Crippen LogP) is 8.93. The largest absolute Gasteiger partial charge is 0.265 e. The van der Waals surface area contributed by atoms with Gasteiger partial charge in [0.2, 0.25) is 0 Å². The molecule has 1 aromatic heterocycles. The van der Waals surface area contributed by atoms with Crippen molar-refractivity contribution in [3.63, 3.8) is 0 Å². The van der Waals surface area contributed by atoms with Crippen LogP contribution in [-0.4, -0.2) is 11.7 Å². The van der Waals surface area contributed by atoms with Gasteiger partial charge in [0.1, 0.15) is 0 Å². The van der Waals surface area contributed by atoms with Crippen LogP contribution in [0.3, 0.4) is 0 Å². The van der Waals surface area contributed by atoms with Gasteiger partial charge in [-0.1, -0.05) is 90.8 Å². The SMILES string of the molecule is C=N/C(=C\C(C#CC)c1cc(-c2ccccc2)cc(-c2ccncc2)c1)c1ccc(-c2ccccc2)cc1. The maximum absolute atomic E-state index is 4.40. The molecule has 0 saturated heterocycles. The average molecular weight is 489 g/mol. The van der Waals surface area contributed by atoms with Crippen molar-refractivity contribution in [3.8, 4) is 45.2 Å². The monoisotopic (exact) mass is 488 g/mol. The van der Waals surface area contributed by atoms with E-state index >= 15 is 0 Å². The first-order chi connectivity index (χ1) is 18.7. The van der Waals surface area contributed by atoms with Gasteiger partial charge in [0, 0.05) is 12.4 Å². The Kier molecular flexibility index (Phi) is 7.68.